The van der Waals surface area contributed by atoms with E-state index in [1.165, 1.54) is 5.39 Å². The molecule has 0 aliphatic heterocycles. The van der Waals surface area contributed by atoms with Crippen LogP contribution < -0.4 is 4.74 Å². The average molecular weight is 298 g/mol. The van der Waals surface area contributed by atoms with E-state index >= 15 is 0 Å². The van der Waals surface area contributed by atoms with Gasteiger partial charge in [-0.1, -0.05) is 43.0 Å². The summed E-state index contributed by atoms with van der Waals surface area (Å²) >= 11 is 0. The van der Waals surface area contributed by atoms with Crippen molar-refractivity contribution in [3.05, 3.63) is 54.1 Å². The van der Waals surface area contributed by atoms with Gasteiger partial charge >= 0.3 is 5.97 Å². The van der Waals surface area contributed by atoms with E-state index in [1.54, 1.807) is 6.92 Å². The Balaban J connectivity index is 1.84. The normalized spacial score (nSPS) is 10.5. The molecule has 0 aliphatic rings. The first-order valence-electron chi connectivity index (χ1n) is 7.53. The van der Waals surface area contributed by atoms with Crippen LogP contribution in [0, 0.1) is 6.92 Å². The summed E-state index contributed by atoms with van der Waals surface area (Å²) in [4.78, 5) is 11.2. The van der Waals surface area contributed by atoms with Gasteiger partial charge in [0, 0.05) is 11.0 Å². The number of carbonyl (C=O) groups excluding carboxylic acids is 1. The second-order valence-corrected chi connectivity index (χ2v) is 5.40. The molecule has 2 aromatic rings. The smallest absolute Gasteiger partial charge is 0.333 e. The monoisotopic (exact) mass is 298 g/mol. The van der Waals surface area contributed by atoms with Crippen LogP contribution >= 0.6 is 0 Å². The molecular weight excluding hydrogens is 276 g/mol. The van der Waals surface area contributed by atoms with Gasteiger partial charge in [0.05, 0.1) is 13.2 Å². The topological polar surface area (TPSA) is 35.5 Å². The van der Waals surface area contributed by atoms with Gasteiger partial charge in [0.2, 0.25) is 0 Å². The zero-order valence-electron chi connectivity index (χ0n) is 13.2. The molecule has 3 heteroatoms. The maximum Gasteiger partial charge on any atom is 0.333 e. The Morgan fingerprint density at radius 3 is 2.59 bits per heavy atom. The lowest BCUT2D eigenvalue weighted by molar-refractivity contribution is -0.139. The summed E-state index contributed by atoms with van der Waals surface area (Å²) in [5, 5.41) is 2.31. The van der Waals surface area contributed by atoms with E-state index in [1.807, 2.05) is 12.1 Å². The minimum Gasteiger partial charge on any atom is -0.493 e. The minimum atomic E-state index is -0.328. The zero-order chi connectivity index (χ0) is 15.9. The molecule has 2 aromatic carbocycles. The van der Waals surface area contributed by atoms with E-state index in [-0.39, 0.29) is 5.97 Å². The molecule has 0 amide bonds. The standard InChI is InChI=1S/C19H22O3/c1-14(2)19(20)22-13-7-6-12-21-18-15(3)10-11-16-8-4-5-9-17(16)18/h4-5,8-11H,1,6-7,12-13H2,2-3H3. The summed E-state index contributed by atoms with van der Waals surface area (Å²) in [7, 11) is 0. The number of benzene rings is 2. The maximum atomic E-state index is 11.2. The molecule has 0 bridgehead atoms. The second-order valence-electron chi connectivity index (χ2n) is 5.40. The Hall–Kier alpha value is -2.29. The van der Waals surface area contributed by atoms with Crippen LogP contribution in [0.5, 0.6) is 5.75 Å². The number of rotatable bonds is 7. The van der Waals surface area contributed by atoms with Crippen LogP contribution in [0.4, 0.5) is 0 Å². The van der Waals surface area contributed by atoms with E-state index < -0.39 is 0 Å². The molecular formula is C19H22O3. The molecule has 0 atom stereocenters. The molecule has 0 aromatic heterocycles. The maximum absolute atomic E-state index is 11.2. The average Bonchev–Trinajstić information content (AvgIpc) is 2.52. The van der Waals surface area contributed by atoms with Crippen molar-refractivity contribution < 1.29 is 14.3 Å². The van der Waals surface area contributed by atoms with E-state index in [0.717, 1.165) is 29.5 Å². The Bertz CT molecular complexity index is 673. The van der Waals surface area contributed by atoms with E-state index in [4.69, 9.17) is 9.47 Å². The Labute approximate surface area is 131 Å². The second kappa shape index (κ2) is 7.64. The predicted molar refractivity (Wildman–Crippen MR) is 89.2 cm³/mol. The van der Waals surface area contributed by atoms with Crippen LogP contribution in [0.15, 0.2) is 48.6 Å². The fraction of sp³-hybridized carbons (Fsp3) is 0.316. The van der Waals surface area contributed by atoms with Gasteiger partial charge in [-0.25, -0.2) is 4.79 Å². The summed E-state index contributed by atoms with van der Waals surface area (Å²) in [6, 6.07) is 12.4. The lowest BCUT2D eigenvalue weighted by atomic mass is 10.1. The van der Waals surface area contributed by atoms with Crippen molar-refractivity contribution >= 4 is 16.7 Å². The third-order valence-corrected chi connectivity index (χ3v) is 3.44. The third-order valence-electron chi connectivity index (χ3n) is 3.44. The van der Waals surface area contributed by atoms with Crippen molar-refractivity contribution in [2.75, 3.05) is 13.2 Å². The summed E-state index contributed by atoms with van der Waals surface area (Å²) in [6.07, 6.45) is 1.62. The molecule has 3 nitrogen and oxygen atoms in total. The molecule has 0 heterocycles. The molecule has 0 saturated heterocycles. The van der Waals surface area contributed by atoms with Crippen LogP contribution in [0.2, 0.25) is 0 Å². The van der Waals surface area contributed by atoms with E-state index in [9.17, 15) is 4.79 Å². The number of carbonyl (C=O) groups is 1. The largest absolute Gasteiger partial charge is 0.493 e. The number of unbranched alkanes of at least 4 members (excludes halogenated alkanes) is 1. The van der Waals surface area contributed by atoms with Crippen LogP contribution in [-0.2, 0) is 9.53 Å². The van der Waals surface area contributed by atoms with Crippen molar-refractivity contribution in [2.24, 2.45) is 0 Å². The quantitative estimate of drug-likeness (QED) is 0.431. The van der Waals surface area contributed by atoms with Crippen molar-refractivity contribution in [1.29, 1.82) is 0 Å². The molecule has 0 spiro atoms. The van der Waals surface area contributed by atoms with Gasteiger partial charge in [0.15, 0.2) is 0 Å². The van der Waals surface area contributed by atoms with Crippen molar-refractivity contribution in [3.63, 3.8) is 0 Å². The molecule has 22 heavy (non-hydrogen) atoms. The lowest BCUT2D eigenvalue weighted by Crippen LogP contribution is -2.07. The van der Waals surface area contributed by atoms with E-state index in [2.05, 4.69) is 37.8 Å². The van der Waals surface area contributed by atoms with Gasteiger partial charge in [-0.15, -0.1) is 0 Å². The SMILES string of the molecule is C=C(C)C(=O)OCCCCOc1c(C)ccc2ccccc12. The van der Waals surface area contributed by atoms with Gasteiger partial charge in [-0.2, -0.15) is 0 Å². The zero-order valence-corrected chi connectivity index (χ0v) is 13.2. The Kier molecular flexibility index (Phi) is 5.59. The third kappa shape index (κ3) is 4.10. The highest BCUT2D eigenvalue weighted by Gasteiger charge is 2.06. The predicted octanol–water partition coefficient (Wildman–Crippen LogP) is 4.43. The first-order valence-corrected chi connectivity index (χ1v) is 7.53. The molecule has 0 radical (unpaired) electrons. The molecule has 0 aliphatic carbocycles. The highest BCUT2D eigenvalue weighted by Crippen LogP contribution is 2.29. The van der Waals surface area contributed by atoms with Crippen LogP contribution in [0.25, 0.3) is 10.8 Å². The van der Waals surface area contributed by atoms with Gasteiger partial charge in [0.25, 0.3) is 0 Å². The molecule has 0 N–H and O–H groups in total. The van der Waals surface area contributed by atoms with Crippen LogP contribution in [0.3, 0.4) is 0 Å². The number of fused-ring (bicyclic) bond motifs is 1. The van der Waals surface area contributed by atoms with Crippen LogP contribution in [-0.4, -0.2) is 19.2 Å². The fourth-order valence-corrected chi connectivity index (χ4v) is 2.21. The summed E-state index contributed by atoms with van der Waals surface area (Å²) in [5.74, 6) is 0.614. The lowest BCUT2D eigenvalue weighted by Gasteiger charge is -2.12. The molecule has 2 rings (SSSR count). The number of ether oxygens (including phenoxy) is 2. The molecule has 116 valence electrons. The van der Waals surface area contributed by atoms with E-state index in [0.29, 0.717) is 18.8 Å². The summed E-state index contributed by atoms with van der Waals surface area (Å²) in [6.45, 7) is 8.27. The van der Waals surface area contributed by atoms with Crippen molar-refractivity contribution in [1.82, 2.24) is 0 Å². The van der Waals surface area contributed by atoms with Gasteiger partial charge < -0.3 is 9.47 Å². The van der Waals surface area contributed by atoms with Crippen molar-refractivity contribution in [3.8, 4) is 5.75 Å². The Morgan fingerprint density at radius 1 is 1.09 bits per heavy atom. The minimum absolute atomic E-state index is 0.328. The number of hydrogen-bond donors (Lipinski definition) is 0. The Morgan fingerprint density at radius 2 is 1.82 bits per heavy atom. The molecule has 0 saturated carbocycles. The molecule has 0 unspecified atom stereocenters. The first kappa shape index (κ1) is 16.1. The number of hydrogen-bond acceptors (Lipinski definition) is 3. The van der Waals surface area contributed by atoms with Gasteiger partial charge in [-0.3, -0.25) is 0 Å². The number of aryl methyl sites for hydroxylation is 1. The highest BCUT2D eigenvalue weighted by atomic mass is 16.5. The fourth-order valence-electron chi connectivity index (χ4n) is 2.21. The molecule has 0 fully saturated rings. The van der Waals surface area contributed by atoms with Crippen LogP contribution in [0.1, 0.15) is 25.3 Å². The van der Waals surface area contributed by atoms with Gasteiger partial charge in [0.1, 0.15) is 5.75 Å². The number of esters is 1. The highest BCUT2D eigenvalue weighted by molar-refractivity contribution is 5.89. The first-order chi connectivity index (χ1) is 10.6. The van der Waals surface area contributed by atoms with Gasteiger partial charge in [-0.05, 0) is 37.6 Å². The summed E-state index contributed by atoms with van der Waals surface area (Å²) in [5.41, 5.74) is 1.56. The van der Waals surface area contributed by atoms with Crippen molar-refractivity contribution in [2.45, 2.75) is 26.7 Å². The summed E-state index contributed by atoms with van der Waals surface area (Å²) < 4.78 is 11.0.